The number of aromatic nitrogens is 6. The molecule has 6 unspecified atom stereocenters. The van der Waals surface area contributed by atoms with Crippen molar-refractivity contribution in [2.45, 2.75) is 37.2 Å². The molecular formula is C23H36N11O15P3. The number of aliphatic hydroxyl groups excluding tert-OH is 1. The molecule has 26 nitrogen and oxygen atoms in total. The Hall–Kier alpha value is -3.58. The molecule has 0 spiro atoms. The topological polar surface area (TPSA) is 367 Å². The average Bonchev–Trinajstić information content (AvgIpc) is 3.61. The van der Waals surface area contributed by atoms with Crippen LogP contribution in [0.3, 0.4) is 0 Å². The molecule has 3 aromatic heterocycles. The van der Waals surface area contributed by atoms with E-state index in [1.54, 1.807) is 11.9 Å². The molecular weight excluding hydrogens is 763 g/mol. The second-order valence-corrected chi connectivity index (χ2v) is 15.9. The Bertz CT molecular complexity index is 2060. The van der Waals surface area contributed by atoms with Crippen LogP contribution in [0.25, 0.3) is 11.2 Å². The van der Waals surface area contributed by atoms with Crippen LogP contribution in [-0.4, -0.2) is 119 Å². The predicted octanol–water partition coefficient (Wildman–Crippen LogP) is -1.27. The fourth-order valence-corrected chi connectivity index (χ4v) is 8.87. The number of aromatic amines is 2. The summed E-state index contributed by atoms with van der Waals surface area (Å²) in [6.45, 7) is 2.47. The fourth-order valence-electron chi connectivity index (χ4n) is 5.33. The average molecular weight is 800 g/mol. The molecule has 2 fully saturated rings. The van der Waals surface area contributed by atoms with E-state index >= 15 is 0 Å². The van der Waals surface area contributed by atoms with Crippen LogP contribution in [0.4, 0.5) is 23.4 Å². The second-order valence-electron chi connectivity index (χ2n) is 11.3. The van der Waals surface area contributed by atoms with E-state index in [9.17, 15) is 43.1 Å². The van der Waals surface area contributed by atoms with Crippen molar-refractivity contribution in [3.8, 4) is 0 Å². The van der Waals surface area contributed by atoms with Gasteiger partial charge in [-0.3, -0.25) is 38.1 Å². The zero-order valence-electron chi connectivity index (χ0n) is 27.2. The SMILES string of the molecule is C=CN(c1nc(N)[nH]c(=O)c1NC)C1CN(C)C[C@@H](COP(=O)(O)OP(=O)(O)OP(=O)(O)OCC2OC(n3cnc4c(=O)[nH]c(N)nc43)C[C@@H]2O)O1. The lowest BCUT2D eigenvalue weighted by Crippen LogP contribution is -2.53. The maximum Gasteiger partial charge on any atom is 0.490 e. The van der Waals surface area contributed by atoms with Gasteiger partial charge in [-0.05, 0) is 7.05 Å². The zero-order valence-corrected chi connectivity index (χ0v) is 29.9. The number of likely N-dealkylation sites (N-methyl/N-ethyl adjacent to an activating group) is 1. The molecule has 0 bridgehead atoms. The number of nitrogens with one attached hydrogen (secondary N) is 3. The Kier molecular flexibility index (Phi) is 11.7. The van der Waals surface area contributed by atoms with Crippen molar-refractivity contribution >= 4 is 58.0 Å². The van der Waals surface area contributed by atoms with Crippen LogP contribution in [0.1, 0.15) is 12.6 Å². The van der Waals surface area contributed by atoms with E-state index in [-0.39, 0.29) is 54.1 Å². The van der Waals surface area contributed by atoms with E-state index in [0.29, 0.717) is 0 Å². The van der Waals surface area contributed by atoms with E-state index in [2.05, 4.69) is 45.4 Å². The Morgan fingerprint density at radius 2 is 1.67 bits per heavy atom. The summed E-state index contributed by atoms with van der Waals surface area (Å²) in [5.41, 5.74) is 10.1. The Labute approximate surface area is 292 Å². The number of morpholine rings is 1. The van der Waals surface area contributed by atoms with Gasteiger partial charge in [0.1, 0.15) is 24.2 Å². The van der Waals surface area contributed by atoms with E-state index in [4.69, 9.17) is 30.0 Å². The molecule has 0 aliphatic carbocycles. The number of hydrogen-bond acceptors (Lipinski definition) is 20. The predicted molar refractivity (Wildman–Crippen MR) is 178 cm³/mol. The summed E-state index contributed by atoms with van der Waals surface area (Å²) in [5.74, 6) is -0.340. The fraction of sp³-hybridized carbons (Fsp3) is 0.522. The lowest BCUT2D eigenvalue weighted by atomic mass is 10.2. The molecule has 2 aliphatic rings. The number of H-pyrrole nitrogens is 2. The Balaban J connectivity index is 1.15. The van der Waals surface area contributed by atoms with Crippen molar-refractivity contribution in [1.82, 2.24) is 34.4 Å². The number of aliphatic hydroxyl groups is 1. The van der Waals surface area contributed by atoms with Crippen molar-refractivity contribution in [2.24, 2.45) is 0 Å². The lowest BCUT2D eigenvalue weighted by Gasteiger charge is -2.40. The van der Waals surface area contributed by atoms with Crippen LogP contribution < -0.4 is 32.8 Å². The molecule has 0 aromatic carbocycles. The monoisotopic (exact) mass is 799 g/mol. The first-order valence-corrected chi connectivity index (χ1v) is 19.4. The maximum atomic E-state index is 12.6. The number of rotatable bonds is 15. The van der Waals surface area contributed by atoms with Crippen molar-refractivity contribution in [3.63, 3.8) is 0 Å². The minimum absolute atomic E-state index is 0.0295. The summed E-state index contributed by atoms with van der Waals surface area (Å²) < 4.78 is 68.3. The van der Waals surface area contributed by atoms with Gasteiger partial charge in [0.2, 0.25) is 11.9 Å². The number of anilines is 4. The van der Waals surface area contributed by atoms with Gasteiger partial charge in [0, 0.05) is 32.8 Å². The number of hydrogen-bond donors (Lipinski definition) is 9. The summed E-state index contributed by atoms with van der Waals surface area (Å²) in [6, 6.07) is 0. The number of phosphoric ester groups is 2. The van der Waals surface area contributed by atoms with Crippen LogP contribution in [0.2, 0.25) is 0 Å². The van der Waals surface area contributed by atoms with Gasteiger partial charge >= 0.3 is 23.5 Å². The summed E-state index contributed by atoms with van der Waals surface area (Å²) in [4.78, 5) is 74.5. The Morgan fingerprint density at radius 1 is 1.04 bits per heavy atom. The molecule has 288 valence electrons. The lowest BCUT2D eigenvalue weighted by molar-refractivity contribution is -0.0925. The largest absolute Gasteiger partial charge is 0.490 e. The highest BCUT2D eigenvalue weighted by Crippen LogP contribution is 2.67. The standard InChI is InChI=1S/C23H36N11O15P3/c1-4-33(18-16(26-2)20(36)30-22(24)28-18)15-7-32(3)6-11(46-15)8-44-50(38,39)48-52(42,43)49-51(40,41)45-9-13-12(35)5-14(47-13)34-10-27-17-19(34)29-23(25)31-21(17)37/h4,10-15,26,35H,1,5-9H2,2-3H3,(H,38,39)(H,40,41)(H,42,43)(H3,24,28,30,36)(H3,25,29,31,37)/t11-,12-,13?,14?,15?/m0/s1. The first-order valence-electron chi connectivity index (χ1n) is 14.9. The molecule has 3 aromatic rings. The van der Waals surface area contributed by atoms with Gasteiger partial charge in [-0.15, -0.1) is 0 Å². The first-order chi connectivity index (χ1) is 24.3. The number of imidazole rings is 1. The van der Waals surface area contributed by atoms with Crippen LogP contribution in [0.5, 0.6) is 0 Å². The summed E-state index contributed by atoms with van der Waals surface area (Å²) in [7, 11) is -13.7. The minimum Gasteiger partial charge on any atom is -0.390 e. The molecule has 5 rings (SSSR count). The van der Waals surface area contributed by atoms with Gasteiger partial charge in [0.25, 0.3) is 11.1 Å². The minimum atomic E-state index is -5.85. The molecule has 52 heavy (non-hydrogen) atoms. The van der Waals surface area contributed by atoms with Crippen LogP contribution in [0.15, 0.2) is 28.7 Å². The molecule has 0 saturated carbocycles. The highest BCUT2D eigenvalue weighted by molar-refractivity contribution is 7.66. The summed E-state index contributed by atoms with van der Waals surface area (Å²) >= 11 is 0. The Morgan fingerprint density at radius 3 is 2.33 bits per heavy atom. The molecule has 0 amide bonds. The van der Waals surface area contributed by atoms with Crippen molar-refractivity contribution in [1.29, 1.82) is 0 Å². The third kappa shape index (κ3) is 9.31. The maximum absolute atomic E-state index is 12.6. The zero-order chi connectivity index (χ0) is 38.2. The molecule has 0 radical (unpaired) electrons. The van der Waals surface area contributed by atoms with Crippen molar-refractivity contribution in [2.75, 3.05) is 62.1 Å². The third-order valence-corrected chi connectivity index (χ3v) is 11.7. The smallest absolute Gasteiger partial charge is 0.390 e. The van der Waals surface area contributed by atoms with Crippen LogP contribution >= 0.6 is 23.5 Å². The van der Waals surface area contributed by atoms with Gasteiger partial charge in [-0.2, -0.15) is 18.6 Å². The number of nitrogen functional groups attached to an aromatic ring is 2. The first kappa shape index (κ1) is 39.6. The number of nitrogens with two attached hydrogens (primary N) is 2. The van der Waals surface area contributed by atoms with E-state index in [0.717, 1.165) is 0 Å². The van der Waals surface area contributed by atoms with E-state index < -0.39 is 78.6 Å². The van der Waals surface area contributed by atoms with Crippen LogP contribution in [-0.2, 0) is 40.8 Å². The molecule has 5 heterocycles. The quantitative estimate of drug-likeness (QED) is 0.0809. The van der Waals surface area contributed by atoms with Gasteiger partial charge < -0.3 is 50.9 Å². The molecule has 29 heteroatoms. The van der Waals surface area contributed by atoms with Gasteiger partial charge in [-0.25, -0.2) is 18.7 Å². The normalized spacial score (nSPS) is 26.0. The molecule has 8 atom stereocenters. The summed E-state index contributed by atoms with van der Waals surface area (Å²) in [5, 5.41) is 13.2. The molecule has 2 aliphatic heterocycles. The molecule has 2 saturated heterocycles. The highest BCUT2D eigenvalue weighted by atomic mass is 31.3. The van der Waals surface area contributed by atoms with Gasteiger partial charge in [0.05, 0.1) is 31.7 Å². The molecule has 11 N–H and O–H groups in total. The highest BCUT2D eigenvalue weighted by Gasteiger charge is 2.44. The number of nitrogens with zero attached hydrogens (tertiary/aromatic N) is 6. The van der Waals surface area contributed by atoms with Gasteiger partial charge in [0.15, 0.2) is 17.0 Å². The number of ether oxygens (including phenoxy) is 2. The van der Waals surface area contributed by atoms with E-state index in [1.807, 2.05) is 0 Å². The second kappa shape index (κ2) is 15.4. The van der Waals surface area contributed by atoms with E-state index in [1.165, 1.54) is 29.0 Å². The van der Waals surface area contributed by atoms with Crippen molar-refractivity contribution < 1.29 is 60.6 Å². The summed E-state index contributed by atoms with van der Waals surface area (Å²) in [6.07, 6.45) is -3.12. The van der Waals surface area contributed by atoms with Gasteiger partial charge in [-0.1, -0.05) is 6.58 Å². The van der Waals surface area contributed by atoms with Crippen molar-refractivity contribution in [3.05, 3.63) is 39.8 Å². The van der Waals surface area contributed by atoms with Crippen LogP contribution in [0, 0.1) is 0 Å². The third-order valence-electron chi connectivity index (χ3n) is 7.46. The number of fused-ring (bicyclic) bond motifs is 1. The number of phosphoric acid groups is 3.